The van der Waals surface area contributed by atoms with Crippen molar-refractivity contribution in [3.63, 3.8) is 0 Å². The van der Waals surface area contributed by atoms with Crippen LogP contribution < -0.4 is 4.74 Å². The SMILES string of the molecule is CCOC(=O)C(=O)Oc1ccc2nc3[nH]c4ccccc4c3nc2c1. The van der Waals surface area contributed by atoms with Crippen LogP contribution in [0.3, 0.4) is 0 Å². The number of nitrogens with zero attached hydrogens (tertiary/aromatic N) is 2. The van der Waals surface area contributed by atoms with Crippen molar-refractivity contribution in [3.05, 3.63) is 42.5 Å². The lowest BCUT2D eigenvalue weighted by atomic mass is 10.2. The molecule has 4 aromatic rings. The summed E-state index contributed by atoms with van der Waals surface area (Å²) in [7, 11) is 0. The zero-order valence-corrected chi connectivity index (χ0v) is 13.3. The third kappa shape index (κ3) is 2.65. The number of aromatic nitrogens is 3. The maximum atomic E-state index is 11.6. The molecule has 25 heavy (non-hydrogen) atoms. The summed E-state index contributed by atoms with van der Waals surface area (Å²) in [5, 5.41) is 0.959. The van der Waals surface area contributed by atoms with E-state index >= 15 is 0 Å². The Morgan fingerprint density at radius 3 is 2.72 bits per heavy atom. The van der Waals surface area contributed by atoms with Crippen LogP contribution in [0.15, 0.2) is 42.5 Å². The number of esters is 2. The lowest BCUT2D eigenvalue weighted by Gasteiger charge is -2.04. The number of aromatic amines is 1. The number of benzene rings is 2. The summed E-state index contributed by atoms with van der Waals surface area (Å²) in [6, 6.07) is 12.6. The van der Waals surface area contributed by atoms with E-state index in [0.29, 0.717) is 16.7 Å². The Kier molecular flexibility index (Phi) is 3.53. The molecule has 0 aliphatic rings. The van der Waals surface area contributed by atoms with Crippen LogP contribution in [0.1, 0.15) is 6.92 Å². The topological polar surface area (TPSA) is 94.2 Å². The minimum absolute atomic E-state index is 0.107. The number of nitrogens with one attached hydrogen (secondary N) is 1. The second-order valence-electron chi connectivity index (χ2n) is 5.35. The lowest BCUT2D eigenvalue weighted by molar-refractivity contribution is -0.161. The van der Waals surface area contributed by atoms with Crippen molar-refractivity contribution in [3.8, 4) is 5.75 Å². The minimum Gasteiger partial charge on any atom is -0.458 e. The van der Waals surface area contributed by atoms with Crippen LogP contribution in [0.2, 0.25) is 0 Å². The van der Waals surface area contributed by atoms with E-state index in [1.54, 1.807) is 25.1 Å². The van der Waals surface area contributed by atoms with Crippen LogP contribution in [0, 0.1) is 0 Å². The molecule has 2 aromatic heterocycles. The van der Waals surface area contributed by atoms with Crippen molar-refractivity contribution in [2.75, 3.05) is 6.61 Å². The molecule has 2 heterocycles. The summed E-state index contributed by atoms with van der Waals surface area (Å²) < 4.78 is 9.64. The molecule has 0 bridgehead atoms. The third-order valence-electron chi connectivity index (χ3n) is 3.72. The van der Waals surface area contributed by atoms with Gasteiger partial charge in [-0.25, -0.2) is 19.6 Å². The zero-order valence-electron chi connectivity index (χ0n) is 13.3. The van der Waals surface area contributed by atoms with Crippen molar-refractivity contribution >= 4 is 45.0 Å². The van der Waals surface area contributed by atoms with Crippen LogP contribution in [0.5, 0.6) is 5.75 Å². The van der Waals surface area contributed by atoms with E-state index in [1.807, 2.05) is 24.3 Å². The second kappa shape index (κ2) is 5.86. The van der Waals surface area contributed by atoms with Crippen molar-refractivity contribution in [2.24, 2.45) is 0 Å². The molecule has 0 saturated heterocycles. The number of carbonyl (C=O) groups is 2. The molecular weight excluding hydrogens is 322 g/mol. The highest BCUT2D eigenvalue weighted by molar-refractivity contribution is 6.30. The fraction of sp³-hybridized carbons (Fsp3) is 0.111. The van der Waals surface area contributed by atoms with Gasteiger partial charge in [0.1, 0.15) is 11.3 Å². The molecule has 0 fully saturated rings. The molecule has 0 aliphatic carbocycles. The predicted octanol–water partition coefficient (Wildman–Crippen LogP) is 2.73. The Hall–Kier alpha value is -3.48. The first-order valence-corrected chi connectivity index (χ1v) is 7.73. The molecule has 0 unspecified atom stereocenters. The van der Waals surface area contributed by atoms with Crippen LogP contribution in [0.25, 0.3) is 33.1 Å². The van der Waals surface area contributed by atoms with E-state index in [0.717, 1.165) is 16.4 Å². The van der Waals surface area contributed by atoms with E-state index in [9.17, 15) is 9.59 Å². The van der Waals surface area contributed by atoms with E-state index in [-0.39, 0.29) is 12.4 Å². The van der Waals surface area contributed by atoms with E-state index < -0.39 is 11.9 Å². The summed E-state index contributed by atoms with van der Waals surface area (Å²) in [4.78, 5) is 35.4. The highest BCUT2D eigenvalue weighted by Gasteiger charge is 2.18. The van der Waals surface area contributed by atoms with E-state index in [1.165, 1.54) is 0 Å². The van der Waals surface area contributed by atoms with Gasteiger partial charge in [0, 0.05) is 17.0 Å². The van der Waals surface area contributed by atoms with Crippen molar-refractivity contribution in [2.45, 2.75) is 6.92 Å². The monoisotopic (exact) mass is 335 g/mol. The maximum absolute atomic E-state index is 11.6. The standard InChI is InChI=1S/C18H13N3O4/c1-2-24-17(22)18(23)25-10-7-8-13-14(9-10)19-15-11-5-3-4-6-12(11)20-16(15)21-13/h3-9H,2H2,1H3,(H,20,21). The minimum atomic E-state index is -1.07. The Labute approximate surface area is 141 Å². The Morgan fingerprint density at radius 2 is 1.88 bits per heavy atom. The van der Waals surface area contributed by atoms with Gasteiger partial charge in [-0.2, -0.15) is 0 Å². The van der Waals surface area contributed by atoms with Crippen molar-refractivity contribution in [1.82, 2.24) is 15.0 Å². The molecule has 124 valence electrons. The van der Waals surface area contributed by atoms with Crippen LogP contribution in [-0.4, -0.2) is 33.5 Å². The first-order chi connectivity index (χ1) is 12.2. The summed E-state index contributed by atoms with van der Waals surface area (Å²) >= 11 is 0. The zero-order chi connectivity index (χ0) is 17.4. The van der Waals surface area contributed by atoms with Gasteiger partial charge in [-0.05, 0) is 25.1 Å². The van der Waals surface area contributed by atoms with Gasteiger partial charge >= 0.3 is 11.9 Å². The van der Waals surface area contributed by atoms with Gasteiger partial charge in [0.25, 0.3) is 0 Å². The largest absolute Gasteiger partial charge is 0.458 e. The molecule has 7 heteroatoms. The van der Waals surface area contributed by atoms with Crippen LogP contribution in [-0.2, 0) is 14.3 Å². The number of hydrogen-bond acceptors (Lipinski definition) is 6. The molecule has 1 N–H and O–H groups in total. The maximum Gasteiger partial charge on any atom is 0.422 e. The fourth-order valence-corrected chi connectivity index (χ4v) is 2.64. The highest BCUT2D eigenvalue weighted by atomic mass is 16.6. The van der Waals surface area contributed by atoms with E-state index in [2.05, 4.69) is 19.7 Å². The van der Waals surface area contributed by atoms with Crippen molar-refractivity contribution in [1.29, 1.82) is 0 Å². The third-order valence-corrected chi connectivity index (χ3v) is 3.72. The average Bonchev–Trinajstić information content (AvgIpc) is 2.97. The number of hydrogen-bond donors (Lipinski definition) is 1. The van der Waals surface area contributed by atoms with Gasteiger partial charge in [-0.15, -0.1) is 0 Å². The molecule has 4 rings (SSSR count). The molecule has 0 atom stereocenters. The summed E-state index contributed by atoms with van der Waals surface area (Å²) in [5.41, 5.74) is 3.57. The normalized spacial score (nSPS) is 11.1. The van der Waals surface area contributed by atoms with Gasteiger partial charge in [0.2, 0.25) is 0 Å². The predicted molar refractivity (Wildman–Crippen MR) is 91.2 cm³/mol. The molecule has 7 nitrogen and oxygen atoms in total. The molecule has 2 aromatic carbocycles. The van der Waals surface area contributed by atoms with Gasteiger partial charge in [0.15, 0.2) is 5.65 Å². The van der Waals surface area contributed by atoms with Crippen LogP contribution in [0.4, 0.5) is 0 Å². The average molecular weight is 335 g/mol. The van der Waals surface area contributed by atoms with Gasteiger partial charge in [-0.3, -0.25) is 0 Å². The van der Waals surface area contributed by atoms with E-state index in [4.69, 9.17) is 4.74 Å². The molecule has 0 amide bonds. The van der Waals surface area contributed by atoms with Crippen LogP contribution >= 0.6 is 0 Å². The van der Waals surface area contributed by atoms with Gasteiger partial charge < -0.3 is 14.5 Å². The lowest BCUT2D eigenvalue weighted by Crippen LogP contribution is -2.22. The summed E-state index contributed by atoms with van der Waals surface area (Å²) in [6.45, 7) is 1.72. The molecule has 0 saturated carbocycles. The first-order valence-electron chi connectivity index (χ1n) is 7.73. The number of H-pyrrole nitrogens is 1. The van der Waals surface area contributed by atoms with Crippen molar-refractivity contribution < 1.29 is 19.1 Å². The van der Waals surface area contributed by atoms with Gasteiger partial charge in [0.05, 0.1) is 17.6 Å². The number of ether oxygens (including phenoxy) is 2. The highest BCUT2D eigenvalue weighted by Crippen LogP contribution is 2.26. The second-order valence-corrected chi connectivity index (χ2v) is 5.35. The number of fused-ring (bicyclic) bond motifs is 4. The summed E-state index contributed by atoms with van der Waals surface area (Å²) in [6.07, 6.45) is 0. The molecule has 0 spiro atoms. The summed E-state index contributed by atoms with van der Waals surface area (Å²) in [5.74, 6) is -1.89. The quantitative estimate of drug-likeness (QED) is 0.344. The number of rotatable bonds is 2. The Balaban J connectivity index is 1.76. The molecule has 0 aliphatic heterocycles. The first kappa shape index (κ1) is 15.1. The number of para-hydroxylation sites is 1. The number of carbonyl (C=O) groups excluding carboxylic acids is 2. The smallest absolute Gasteiger partial charge is 0.422 e. The fourth-order valence-electron chi connectivity index (χ4n) is 2.64. The van der Waals surface area contributed by atoms with Gasteiger partial charge in [-0.1, -0.05) is 18.2 Å². The molecule has 0 radical (unpaired) electrons. The molecular formula is C18H13N3O4. The Morgan fingerprint density at radius 1 is 1.04 bits per heavy atom. The Bertz CT molecular complexity index is 1130.